The van der Waals surface area contributed by atoms with Crippen molar-refractivity contribution in [2.24, 2.45) is 5.16 Å². The van der Waals surface area contributed by atoms with Crippen molar-refractivity contribution < 1.29 is 5.21 Å². The summed E-state index contributed by atoms with van der Waals surface area (Å²) in [6.07, 6.45) is 0. The Kier molecular flexibility index (Phi) is 10.4. The standard InChI is InChI=1S/C13H19BrN2OS.ClH/c1-3-16(4-2)9-10-18-13(15-17)11-5-7-12(14)8-6-11;/h5-8,17H,3-4,9-10H2,1-2H3;1H/b15-13+;. The van der Waals surface area contributed by atoms with Crippen molar-refractivity contribution in [1.29, 1.82) is 0 Å². The molecule has 1 N–H and O–H groups in total. The summed E-state index contributed by atoms with van der Waals surface area (Å²) < 4.78 is 1.02. The summed E-state index contributed by atoms with van der Waals surface area (Å²) in [6, 6.07) is 7.80. The zero-order chi connectivity index (χ0) is 13.4. The van der Waals surface area contributed by atoms with Gasteiger partial charge in [-0.05, 0) is 25.2 Å². The molecular formula is C13H20BrClN2OS. The fourth-order valence-electron chi connectivity index (χ4n) is 1.57. The van der Waals surface area contributed by atoms with Crippen LogP contribution in [0.1, 0.15) is 19.4 Å². The number of hydrogen-bond donors (Lipinski definition) is 1. The van der Waals surface area contributed by atoms with Gasteiger partial charge >= 0.3 is 0 Å². The van der Waals surface area contributed by atoms with Gasteiger partial charge in [0.25, 0.3) is 0 Å². The summed E-state index contributed by atoms with van der Waals surface area (Å²) in [6.45, 7) is 7.43. The maximum atomic E-state index is 9.07. The molecule has 0 saturated carbocycles. The van der Waals surface area contributed by atoms with Crippen LogP contribution in [0.4, 0.5) is 0 Å². The van der Waals surface area contributed by atoms with Gasteiger partial charge in [-0.25, -0.2) is 0 Å². The van der Waals surface area contributed by atoms with Crippen molar-refractivity contribution in [3.05, 3.63) is 34.3 Å². The Balaban J connectivity index is 0.00000324. The van der Waals surface area contributed by atoms with Crippen LogP contribution in [-0.4, -0.2) is 40.5 Å². The van der Waals surface area contributed by atoms with E-state index in [2.05, 4.69) is 39.8 Å². The number of rotatable bonds is 6. The molecule has 0 amide bonds. The van der Waals surface area contributed by atoms with E-state index in [1.807, 2.05) is 24.3 Å². The van der Waals surface area contributed by atoms with Crippen molar-refractivity contribution in [3.8, 4) is 0 Å². The molecule has 6 heteroatoms. The summed E-state index contributed by atoms with van der Waals surface area (Å²) >= 11 is 4.97. The number of nitrogens with zero attached hydrogens (tertiary/aromatic N) is 2. The van der Waals surface area contributed by atoms with E-state index in [1.165, 1.54) is 0 Å². The minimum absolute atomic E-state index is 0. The van der Waals surface area contributed by atoms with E-state index in [-0.39, 0.29) is 12.4 Å². The van der Waals surface area contributed by atoms with Crippen LogP contribution in [0.5, 0.6) is 0 Å². The van der Waals surface area contributed by atoms with Crippen LogP contribution >= 0.6 is 40.1 Å². The van der Waals surface area contributed by atoms with Gasteiger partial charge in [-0.2, -0.15) is 0 Å². The molecule has 0 fully saturated rings. The first-order chi connectivity index (χ1) is 8.71. The molecule has 0 unspecified atom stereocenters. The van der Waals surface area contributed by atoms with Crippen molar-refractivity contribution in [2.45, 2.75) is 13.8 Å². The smallest absolute Gasteiger partial charge is 0.143 e. The molecule has 0 radical (unpaired) electrons. The van der Waals surface area contributed by atoms with Crippen LogP contribution in [0.2, 0.25) is 0 Å². The van der Waals surface area contributed by atoms with Gasteiger partial charge in [0.1, 0.15) is 5.04 Å². The summed E-state index contributed by atoms with van der Waals surface area (Å²) in [7, 11) is 0. The van der Waals surface area contributed by atoms with Gasteiger partial charge in [0.15, 0.2) is 0 Å². The Hall–Kier alpha value is -0.230. The van der Waals surface area contributed by atoms with E-state index in [4.69, 9.17) is 5.21 Å². The van der Waals surface area contributed by atoms with Crippen LogP contribution < -0.4 is 0 Å². The highest BCUT2D eigenvalue weighted by atomic mass is 79.9. The lowest BCUT2D eigenvalue weighted by Crippen LogP contribution is -2.25. The summed E-state index contributed by atoms with van der Waals surface area (Å²) in [5, 5.41) is 13.1. The Morgan fingerprint density at radius 3 is 2.32 bits per heavy atom. The highest BCUT2D eigenvalue weighted by Crippen LogP contribution is 2.17. The molecule has 1 rings (SSSR count). The van der Waals surface area contributed by atoms with E-state index >= 15 is 0 Å². The third-order valence-electron chi connectivity index (χ3n) is 2.72. The van der Waals surface area contributed by atoms with E-state index < -0.39 is 0 Å². The molecule has 1 aromatic carbocycles. The third kappa shape index (κ3) is 6.65. The average molecular weight is 368 g/mol. The molecule has 0 atom stereocenters. The highest BCUT2D eigenvalue weighted by molar-refractivity contribution is 9.10. The first-order valence-corrected chi connectivity index (χ1v) is 7.82. The number of oxime groups is 1. The number of halogens is 2. The Bertz CT molecular complexity index is 383. The van der Waals surface area contributed by atoms with Gasteiger partial charge in [0.05, 0.1) is 0 Å². The lowest BCUT2D eigenvalue weighted by atomic mass is 10.2. The topological polar surface area (TPSA) is 35.8 Å². The first kappa shape index (κ1) is 18.8. The molecule has 0 aromatic heterocycles. The van der Waals surface area contributed by atoms with Gasteiger partial charge in [-0.3, -0.25) is 0 Å². The fourth-order valence-corrected chi connectivity index (χ4v) is 2.74. The summed E-state index contributed by atoms with van der Waals surface area (Å²) in [5.41, 5.74) is 0.949. The molecule has 0 aliphatic rings. The van der Waals surface area contributed by atoms with Crippen molar-refractivity contribution in [1.82, 2.24) is 4.90 Å². The van der Waals surface area contributed by atoms with Crippen LogP contribution in [0.25, 0.3) is 0 Å². The van der Waals surface area contributed by atoms with Gasteiger partial charge in [0, 0.05) is 22.3 Å². The van der Waals surface area contributed by atoms with Crippen LogP contribution in [0.3, 0.4) is 0 Å². The molecular weight excluding hydrogens is 348 g/mol. The number of benzene rings is 1. The Labute approximate surface area is 134 Å². The van der Waals surface area contributed by atoms with Crippen molar-refractivity contribution in [3.63, 3.8) is 0 Å². The van der Waals surface area contributed by atoms with Crippen molar-refractivity contribution in [2.75, 3.05) is 25.4 Å². The van der Waals surface area contributed by atoms with Crippen LogP contribution in [0, 0.1) is 0 Å². The maximum Gasteiger partial charge on any atom is 0.143 e. The van der Waals surface area contributed by atoms with E-state index in [9.17, 15) is 0 Å². The molecule has 3 nitrogen and oxygen atoms in total. The quantitative estimate of drug-likeness (QED) is 0.356. The molecule has 108 valence electrons. The second kappa shape index (κ2) is 10.5. The predicted molar refractivity (Wildman–Crippen MR) is 90.0 cm³/mol. The second-order valence-corrected chi connectivity index (χ2v) is 5.79. The van der Waals surface area contributed by atoms with E-state index in [0.717, 1.165) is 35.4 Å². The van der Waals surface area contributed by atoms with Gasteiger partial charge in [-0.15, -0.1) is 24.2 Å². The molecule has 1 aromatic rings. The monoisotopic (exact) mass is 366 g/mol. The molecule has 19 heavy (non-hydrogen) atoms. The molecule has 0 aliphatic heterocycles. The lowest BCUT2D eigenvalue weighted by molar-refractivity contribution is 0.320. The molecule has 0 spiro atoms. The van der Waals surface area contributed by atoms with Crippen LogP contribution in [-0.2, 0) is 0 Å². The average Bonchev–Trinajstić information content (AvgIpc) is 2.41. The van der Waals surface area contributed by atoms with Crippen molar-refractivity contribution >= 4 is 45.1 Å². The summed E-state index contributed by atoms with van der Waals surface area (Å²) in [5.74, 6) is 0.928. The maximum absolute atomic E-state index is 9.07. The van der Waals surface area contributed by atoms with E-state index in [1.54, 1.807) is 11.8 Å². The Morgan fingerprint density at radius 1 is 1.26 bits per heavy atom. The summed E-state index contributed by atoms with van der Waals surface area (Å²) in [4.78, 5) is 2.35. The zero-order valence-electron chi connectivity index (χ0n) is 11.2. The lowest BCUT2D eigenvalue weighted by Gasteiger charge is -2.17. The normalized spacial score (nSPS) is 11.5. The second-order valence-electron chi connectivity index (χ2n) is 3.79. The number of hydrogen-bond acceptors (Lipinski definition) is 4. The molecule has 0 aliphatic carbocycles. The molecule has 0 heterocycles. The molecule has 0 bridgehead atoms. The Morgan fingerprint density at radius 2 is 1.84 bits per heavy atom. The zero-order valence-corrected chi connectivity index (χ0v) is 14.4. The SMILES string of the molecule is CCN(CC)CCS/C(=N/O)c1ccc(Br)cc1.Cl. The molecule has 0 saturated heterocycles. The highest BCUT2D eigenvalue weighted by Gasteiger charge is 2.06. The predicted octanol–water partition coefficient (Wildman–Crippen LogP) is 4.08. The van der Waals surface area contributed by atoms with Gasteiger partial charge in [0.2, 0.25) is 0 Å². The van der Waals surface area contributed by atoms with Gasteiger partial charge in [-0.1, -0.05) is 47.1 Å². The minimum Gasteiger partial charge on any atom is -0.410 e. The first-order valence-electron chi connectivity index (χ1n) is 6.04. The van der Waals surface area contributed by atoms with Crippen LogP contribution in [0.15, 0.2) is 33.9 Å². The number of thioether (sulfide) groups is 1. The third-order valence-corrected chi connectivity index (χ3v) is 4.23. The van der Waals surface area contributed by atoms with E-state index in [0.29, 0.717) is 5.04 Å². The fraction of sp³-hybridized carbons (Fsp3) is 0.462. The van der Waals surface area contributed by atoms with Gasteiger partial charge < -0.3 is 10.1 Å². The largest absolute Gasteiger partial charge is 0.410 e. The minimum atomic E-state index is 0.